The summed E-state index contributed by atoms with van der Waals surface area (Å²) in [5.41, 5.74) is 2.74. The second kappa shape index (κ2) is 8.88. The molecule has 0 aliphatic carbocycles. The van der Waals surface area contributed by atoms with E-state index >= 15 is 0 Å². The van der Waals surface area contributed by atoms with Crippen LogP contribution in [0, 0.1) is 0 Å². The Bertz CT molecular complexity index is 1110. The smallest absolute Gasteiger partial charge is 0.273 e. The van der Waals surface area contributed by atoms with Gasteiger partial charge in [-0.05, 0) is 30.2 Å². The van der Waals surface area contributed by atoms with Crippen LogP contribution in [0.3, 0.4) is 0 Å². The lowest BCUT2D eigenvalue weighted by atomic mass is 9.76. The summed E-state index contributed by atoms with van der Waals surface area (Å²) >= 11 is 0. The average Bonchev–Trinajstić information content (AvgIpc) is 3.33. The van der Waals surface area contributed by atoms with Crippen molar-refractivity contribution in [3.63, 3.8) is 0 Å². The normalized spacial score (nSPS) is 11.2. The molecule has 1 N–H and O–H groups in total. The molecule has 31 heavy (non-hydrogen) atoms. The molecular formula is C26H24N2O3. The number of carbonyl (C=O) groups is 1. The van der Waals surface area contributed by atoms with Crippen molar-refractivity contribution in [2.24, 2.45) is 0 Å². The topological polar surface area (TPSA) is 64.4 Å². The van der Waals surface area contributed by atoms with E-state index in [1.165, 1.54) is 6.39 Å². The Morgan fingerprint density at radius 2 is 1.52 bits per heavy atom. The van der Waals surface area contributed by atoms with Crippen LogP contribution in [-0.4, -0.2) is 24.5 Å². The zero-order valence-electron chi connectivity index (χ0n) is 17.5. The SMILES string of the molecule is COc1ccccc1-c1ocnc1C(=O)NCC(C)(c1ccccc1)c1ccccc1. The van der Waals surface area contributed by atoms with Crippen LogP contribution in [0.5, 0.6) is 5.75 Å². The molecule has 0 aliphatic rings. The van der Waals surface area contributed by atoms with Crippen molar-refractivity contribution in [2.45, 2.75) is 12.3 Å². The molecular weight excluding hydrogens is 388 g/mol. The van der Waals surface area contributed by atoms with Gasteiger partial charge in [0, 0.05) is 12.0 Å². The second-order valence-corrected chi connectivity index (χ2v) is 7.48. The quantitative estimate of drug-likeness (QED) is 0.459. The van der Waals surface area contributed by atoms with Gasteiger partial charge in [-0.1, -0.05) is 72.8 Å². The number of hydrogen-bond acceptors (Lipinski definition) is 4. The minimum Gasteiger partial charge on any atom is -0.496 e. The number of hydrogen-bond donors (Lipinski definition) is 1. The summed E-state index contributed by atoms with van der Waals surface area (Å²) in [7, 11) is 1.58. The van der Waals surface area contributed by atoms with Crippen LogP contribution < -0.4 is 10.1 Å². The molecule has 156 valence electrons. The van der Waals surface area contributed by atoms with Crippen LogP contribution in [0.2, 0.25) is 0 Å². The first-order valence-electron chi connectivity index (χ1n) is 10.1. The first kappa shape index (κ1) is 20.4. The maximum atomic E-state index is 13.1. The van der Waals surface area contributed by atoms with Gasteiger partial charge in [-0.25, -0.2) is 4.98 Å². The number of amides is 1. The number of methoxy groups -OCH3 is 1. The predicted octanol–water partition coefficient (Wildman–Crippen LogP) is 5.09. The summed E-state index contributed by atoms with van der Waals surface area (Å²) in [6.45, 7) is 2.53. The first-order valence-corrected chi connectivity index (χ1v) is 10.1. The molecule has 0 saturated carbocycles. The summed E-state index contributed by atoms with van der Waals surface area (Å²) in [5.74, 6) is 0.704. The number of nitrogens with one attached hydrogen (secondary N) is 1. The van der Waals surface area contributed by atoms with Crippen LogP contribution in [0.1, 0.15) is 28.5 Å². The van der Waals surface area contributed by atoms with Crippen molar-refractivity contribution in [1.82, 2.24) is 10.3 Å². The second-order valence-electron chi connectivity index (χ2n) is 7.48. The molecule has 0 bridgehead atoms. The van der Waals surface area contributed by atoms with E-state index in [4.69, 9.17) is 9.15 Å². The zero-order valence-corrected chi connectivity index (χ0v) is 17.5. The van der Waals surface area contributed by atoms with E-state index in [1.54, 1.807) is 7.11 Å². The lowest BCUT2D eigenvalue weighted by Gasteiger charge is -2.31. The van der Waals surface area contributed by atoms with Crippen molar-refractivity contribution in [1.29, 1.82) is 0 Å². The first-order chi connectivity index (χ1) is 15.1. The average molecular weight is 412 g/mol. The van der Waals surface area contributed by atoms with Crippen molar-refractivity contribution in [2.75, 3.05) is 13.7 Å². The number of carbonyl (C=O) groups excluding carboxylic acids is 1. The van der Waals surface area contributed by atoms with Gasteiger partial charge in [0.05, 0.1) is 12.7 Å². The van der Waals surface area contributed by atoms with E-state index in [1.807, 2.05) is 60.7 Å². The molecule has 0 fully saturated rings. The maximum Gasteiger partial charge on any atom is 0.273 e. The van der Waals surface area contributed by atoms with E-state index < -0.39 is 5.41 Å². The van der Waals surface area contributed by atoms with E-state index in [9.17, 15) is 4.79 Å². The molecule has 1 heterocycles. The Morgan fingerprint density at radius 1 is 0.935 bits per heavy atom. The fourth-order valence-electron chi connectivity index (χ4n) is 3.75. The van der Waals surface area contributed by atoms with Crippen LogP contribution >= 0.6 is 0 Å². The molecule has 4 aromatic rings. The Balaban J connectivity index is 1.63. The van der Waals surface area contributed by atoms with Crippen molar-refractivity contribution >= 4 is 5.91 Å². The monoisotopic (exact) mass is 412 g/mol. The minimum atomic E-state index is -0.410. The van der Waals surface area contributed by atoms with Gasteiger partial charge in [-0.2, -0.15) is 0 Å². The number of ether oxygens (including phenoxy) is 1. The number of oxazole rings is 1. The van der Waals surface area contributed by atoms with Gasteiger partial charge in [0.2, 0.25) is 0 Å². The number of nitrogens with zero attached hydrogens (tertiary/aromatic N) is 1. The van der Waals surface area contributed by atoms with E-state index in [0.29, 0.717) is 23.6 Å². The fourth-order valence-corrected chi connectivity index (χ4v) is 3.75. The largest absolute Gasteiger partial charge is 0.496 e. The van der Waals surface area contributed by atoms with Crippen LogP contribution in [0.4, 0.5) is 0 Å². The van der Waals surface area contributed by atoms with Crippen LogP contribution in [0.25, 0.3) is 11.3 Å². The molecule has 0 unspecified atom stereocenters. The molecule has 3 aromatic carbocycles. The molecule has 0 atom stereocenters. The Hall–Kier alpha value is -3.86. The molecule has 5 heteroatoms. The van der Waals surface area contributed by atoms with Gasteiger partial charge >= 0.3 is 0 Å². The third-order valence-electron chi connectivity index (χ3n) is 5.56. The molecule has 0 aliphatic heterocycles. The highest BCUT2D eigenvalue weighted by molar-refractivity contribution is 5.98. The summed E-state index contributed by atoms with van der Waals surface area (Å²) in [6, 6.07) is 27.7. The van der Waals surface area contributed by atoms with Crippen LogP contribution in [0.15, 0.2) is 95.7 Å². The zero-order chi connectivity index (χ0) is 21.7. The highest BCUT2D eigenvalue weighted by atomic mass is 16.5. The van der Waals surface area contributed by atoms with Gasteiger partial charge in [0.1, 0.15) is 5.75 Å². The third-order valence-corrected chi connectivity index (χ3v) is 5.56. The number of para-hydroxylation sites is 1. The van der Waals surface area contributed by atoms with Crippen molar-refractivity contribution in [3.8, 4) is 17.1 Å². The van der Waals surface area contributed by atoms with Gasteiger partial charge in [-0.15, -0.1) is 0 Å². The Morgan fingerprint density at radius 3 is 2.13 bits per heavy atom. The molecule has 0 saturated heterocycles. The third kappa shape index (κ3) is 4.08. The van der Waals surface area contributed by atoms with Crippen LogP contribution in [-0.2, 0) is 5.41 Å². The molecule has 0 radical (unpaired) electrons. The maximum absolute atomic E-state index is 13.1. The fraction of sp³-hybridized carbons (Fsp3) is 0.154. The Kier molecular flexibility index (Phi) is 5.85. The predicted molar refractivity (Wildman–Crippen MR) is 120 cm³/mol. The number of aromatic nitrogens is 1. The molecule has 0 spiro atoms. The summed E-state index contributed by atoms with van der Waals surface area (Å²) < 4.78 is 11.0. The molecule has 5 nitrogen and oxygen atoms in total. The highest BCUT2D eigenvalue weighted by Crippen LogP contribution is 2.33. The lowest BCUT2D eigenvalue weighted by Crippen LogP contribution is -2.39. The standard InChI is InChI=1S/C26H24N2O3/c1-26(19-11-5-3-6-12-19,20-13-7-4-8-14-20)17-27-25(29)23-24(31-18-28-23)21-15-9-10-16-22(21)30-2/h3-16,18H,17H2,1-2H3,(H,27,29). The van der Waals surface area contributed by atoms with E-state index in [0.717, 1.165) is 11.1 Å². The molecule has 4 rings (SSSR count). The van der Waals surface area contributed by atoms with Gasteiger partial charge in [-0.3, -0.25) is 4.79 Å². The highest BCUT2D eigenvalue weighted by Gasteiger charge is 2.30. The van der Waals surface area contributed by atoms with Gasteiger partial charge in [0.15, 0.2) is 17.8 Å². The minimum absolute atomic E-state index is 0.230. The van der Waals surface area contributed by atoms with Crippen molar-refractivity contribution < 1.29 is 13.9 Å². The number of rotatable bonds is 7. The summed E-state index contributed by atoms with van der Waals surface area (Å²) in [5, 5.41) is 3.07. The molecule has 1 aromatic heterocycles. The molecule has 1 amide bonds. The Labute approximate surface area is 181 Å². The summed E-state index contributed by atoms with van der Waals surface area (Å²) in [4.78, 5) is 17.3. The summed E-state index contributed by atoms with van der Waals surface area (Å²) in [6.07, 6.45) is 1.28. The van der Waals surface area contributed by atoms with E-state index in [2.05, 4.69) is 41.5 Å². The number of benzene rings is 3. The lowest BCUT2D eigenvalue weighted by molar-refractivity contribution is 0.0943. The van der Waals surface area contributed by atoms with E-state index in [-0.39, 0.29) is 11.6 Å². The van der Waals surface area contributed by atoms with Gasteiger partial charge < -0.3 is 14.5 Å². The van der Waals surface area contributed by atoms with Gasteiger partial charge in [0.25, 0.3) is 5.91 Å². The van der Waals surface area contributed by atoms with Crippen molar-refractivity contribution in [3.05, 3.63) is 108 Å².